The molecule has 1 aromatic rings. The summed E-state index contributed by atoms with van der Waals surface area (Å²) in [4.78, 5) is 2.45. The Kier molecular flexibility index (Phi) is 12.4. The van der Waals surface area contributed by atoms with Gasteiger partial charge < -0.3 is 8.92 Å². The van der Waals surface area contributed by atoms with Gasteiger partial charge in [0.15, 0.2) is 0 Å². The lowest BCUT2D eigenvalue weighted by Gasteiger charge is -2.44. The molecule has 1 aliphatic rings. The van der Waals surface area contributed by atoms with Crippen LogP contribution in [0, 0.1) is 6.92 Å². The van der Waals surface area contributed by atoms with Crippen LogP contribution in [0.25, 0.3) is 0 Å². The summed E-state index contributed by atoms with van der Waals surface area (Å²) in [6.07, 6.45) is 5.98. The molecule has 27 heavy (non-hydrogen) atoms. The van der Waals surface area contributed by atoms with Crippen molar-refractivity contribution in [3.63, 3.8) is 0 Å². The van der Waals surface area contributed by atoms with Gasteiger partial charge in [-0.3, -0.25) is 4.90 Å². The molecule has 0 unspecified atom stereocenters. The average Bonchev–Trinajstić information content (AvgIpc) is 2.60. The van der Waals surface area contributed by atoms with Gasteiger partial charge in [0.25, 0.3) is 0 Å². The molecule has 0 N–H and O–H groups in total. The molecule has 1 saturated heterocycles. The molecule has 160 valence electrons. The van der Waals surface area contributed by atoms with Gasteiger partial charge in [0.1, 0.15) is 11.9 Å². The van der Waals surface area contributed by atoms with E-state index in [1.54, 1.807) is 0 Å². The SMILES string of the molecule is CC.CC.Cc1ccc(OC2CN(CCCOS(C)(C)C(C)(C)C)C2)cc1. The summed E-state index contributed by atoms with van der Waals surface area (Å²) in [5.41, 5.74) is 1.27. The fraction of sp³-hybridized carbons (Fsp3) is 0.739. The Morgan fingerprint density at radius 3 is 2.00 bits per heavy atom. The number of aryl methyl sites for hydroxylation is 1. The number of benzene rings is 1. The van der Waals surface area contributed by atoms with E-state index in [2.05, 4.69) is 69.4 Å². The summed E-state index contributed by atoms with van der Waals surface area (Å²) < 4.78 is 12.4. The van der Waals surface area contributed by atoms with Crippen LogP contribution in [0.3, 0.4) is 0 Å². The fourth-order valence-corrected chi connectivity index (χ4v) is 3.21. The second-order valence-electron chi connectivity index (χ2n) is 7.83. The van der Waals surface area contributed by atoms with Gasteiger partial charge in [-0.15, -0.1) is 10.3 Å². The predicted octanol–water partition coefficient (Wildman–Crippen LogP) is 6.29. The molecule has 0 bridgehead atoms. The van der Waals surface area contributed by atoms with E-state index in [-0.39, 0.29) is 4.75 Å². The maximum atomic E-state index is 6.17. The van der Waals surface area contributed by atoms with E-state index in [4.69, 9.17) is 8.92 Å². The van der Waals surface area contributed by atoms with Crippen LogP contribution in [-0.4, -0.2) is 54.5 Å². The largest absolute Gasteiger partial charge is 0.488 e. The molecule has 3 nitrogen and oxygen atoms in total. The van der Waals surface area contributed by atoms with Gasteiger partial charge in [0.05, 0.1) is 6.61 Å². The van der Waals surface area contributed by atoms with Crippen molar-refractivity contribution < 1.29 is 8.92 Å². The van der Waals surface area contributed by atoms with E-state index in [1.807, 2.05) is 27.7 Å². The number of nitrogens with zero attached hydrogens (tertiary/aromatic N) is 1. The zero-order valence-corrected chi connectivity index (χ0v) is 20.4. The second kappa shape index (κ2) is 12.7. The van der Waals surface area contributed by atoms with E-state index in [0.29, 0.717) is 6.10 Å². The summed E-state index contributed by atoms with van der Waals surface area (Å²) in [5, 5.41) is 0. The van der Waals surface area contributed by atoms with Crippen LogP contribution < -0.4 is 4.74 Å². The van der Waals surface area contributed by atoms with Crippen molar-refractivity contribution in [1.82, 2.24) is 4.90 Å². The second-order valence-corrected chi connectivity index (χ2v) is 11.8. The molecule has 0 aliphatic carbocycles. The van der Waals surface area contributed by atoms with Crippen molar-refractivity contribution in [3.8, 4) is 5.75 Å². The molecule has 2 rings (SSSR count). The quantitative estimate of drug-likeness (QED) is 0.503. The first kappa shape index (κ1) is 26.3. The van der Waals surface area contributed by atoms with Gasteiger partial charge in [0.2, 0.25) is 0 Å². The van der Waals surface area contributed by atoms with Crippen molar-refractivity contribution in [3.05, 3.63) is 29.8 Å². The topological polar surface area (TPSA) is 21.7 Å². The van der Waals surface area contributed by atoms with Gasteiger partial charge in [-0.2, -0.15) is 0 Å². The molecule has 0 saturated carbocycles. The molecule has 0 radical (unpaired) electrons. The minimum Gasteiger partial charge on any atom is -0.488 e. The molecule has 0 aromatic heterocycles. The van der Waals surface area contributed by atoms with Crippen LogP contribution in [0.5, 0.6) is 5.75 Å². The smallest absolute Gasteiger partial charge is 0.124 e. The van der Waals surface area contributed by atoms with E-state index in [1.165, 1.54) is 5.56 Å². The number of likely N-dealkylation sites (tertiary alicyclic amines) is 1. The zero-order valence-electron chi connectivity index (χ0n) is 19.6. The highest BCUT2D eigenvalue weighted by Crippen LogP contribution is 2.53. The van der Waals surface area contributed by atoms with Crippen molar-refractivity contribution in [1.29, 1.82) is 0 Å². The molecule has 0 amide bonds. The van der Waals surface area contributed by atoms with Gasteiger partial charge in [-0.05, 0) is 38.0 Å². The Balaban J connectivity index is 0.00000158. The van der Waals surface area contributed by atoms with Gasteiger partial charge in [-0.25, -0.2) is 0 Å². The lowest BCUT2D eigenvalue weighted by atomic mass is 10.1. The van der Waals surface area contributed by atoms with Gasteiger partial charge in [-0.1, -0.05) is 66.2 Å². The van der Waals surface area contributed by atoms with Crippen LogP contribution in [0.15, 0.2) is 24.3 Å². The first-order chi connectivity index (χ1) is 12.7. The standard InChI is InChI=1S/C19H33NO2S.2C2H6/c1-16-8-10-17(11-9-16)22-18-14-20(15-18)12-7-13-21-23(5,6)19(2,3)4;2*1-2/h8-11,18H,7,12-15H2,1-6H3;2*1-2H3. The van der Waals surface area contributed by atoms with Gasteiger partial charge in [0, 0.05) is 24.4 Å². The van der Waals surface area contributed by atoms with E-state index < -0.39 is 10.3 Å². The monoisotopic (exact) mass is 399 g/mol. The summed E-state index contributed by atoms with van der Waals surface area (Å²) >= 11 is 0. The van der Waals surface area contributed by atoms with Crippen molar-refractivity contribution >= 4 is 10.3 Å². The summed E-state index contributed by atoms with van der Waals surface area (Å²) in [6, 6.07) is 8.32. The lowest BCUT2D eigenvalue weighted by molar-refractivity contribution is 0.0176. The highest BCUT2D eigenvalue weighted by Gasteiger charge is 2.30. The number of hydrogen-bond donors (Lipinski definition) is 0. The number of ether oxygens (including phenoxy) is 1. The molecule has 4 heteroatoms. The van der Waals surface area contributed by atoms with Crippen molar-refractivity contribution in [2.24, 2.45) is 0 Å². The van der Waals surface area contributed by atoms with Crippen molar-refractivity contribution in [2.45, 2.75) is 72.7 Å². The molecule has 0 spiro atoms. The first-order valence-electron chi connectivity index (χ1n) is 10.5. The van der Waals surface area contributed by atoms with E-state index >= 15 is 0 Å². The van der Waals surface area contributed by atoms with Crippen LogP contribution in [0.4, 0.5) is 0 Å². The molecule has 1 aliphatic heterocycles. The first-order valence-corrected chi connectivity index (χ1v) is 12.9. The lowest BCUT2D eigenvalue weighted by Crippen LogP contribution is -2.54. The Morgan fingerprint density at radius 1 is 1.00 bits per heavy atom. The summed E-state index contributed by atoms with van der Waals surface area (Å²) in [7, 11) is -0.983. The Morgan fingerprint density at radius 2 is 1.52 bits per heavy atom. The summed E-state index contributed by atoms with van der Waals surface area (Å²) in [6.45, 7) is 20.9. The van der Waals surface area contributed by atoms with Crippen LogP contribution in [-0.2, 0) is 4.18 Å². The average molecular weight is 400 g/mol. The van der Waals surface area contributed by atoms with Crippen LogP contribution in [0.1, 0.15) is 60.5 Å². The molecule has 1 aromatic carbocycles. The molecule has 0 atom stereocenters. The molecular weight excluding hydrogens is 354 g/mol. The van der Waals surface area contributed by atoms with Crippen molar-refractivity contribution in [2.75, 3.05) is 38.8 Å². The highest BCUT2D eigenvalue weighted by molar-refractivity contribution is 8.29. The highest BCUT2D eigenvalue weighted by atomic mass is 32.3. The molecule has 1 fully saturated rings. The molecule has 1 heterocycles. The Bertz CT molecular complexity index is 488. The third kappa shape index (κ3) is 9.36. The Hall–Kier alpha value is -0.710. The maximum absolute atomic E-state index is 6.17. The molecular formula is C23H45NO2S. The number of hydrogen-bond acceptors (Lipinski definition) is 3. The summed E-state index contributed by atoms with van der Waals surface area (Å²) in [5.74, 6) is 0.985. The fourth-order valence-electron chi connectivity index (χ4n) is 2.32. The maximum Gasteiger partial charge on any atom is 0.124 e. The Labute approximate surface area is 171 Å². The third-order valence-corrected chi connectivity index (χ3v) is 8.42. The predicted molar refractivity (Wildman–Crippen MR) is 124 cm³/mol. The normalized spacial score (nSPS) is 15.6. The number of rotatable bonds is 7. The van der Waals surface area contributed by atoms with E-state index in [9.17, 15) is 0 Å². The minimum absolute atomic E-state index is 0.247. The zero-order chi connectivity index (χ0) is 21.1. The van der Waals surface area contributed by atoms with Gasteiger partial charge >= 0.3 is 0 Å². The third-order valence-electron chi connectivity index (χ3n) is 4.72. The van der Waals surface area contributed by atoms with E-state index in [0.717, 1.165) is 38.4 Å². The van der Waals surface area contributed by atoms with Crippen LogP contribution >= 0.6 is 10.3 Å². The van der Waals surface area contributed by atoms with Crippen LogP contribution in [0.2, 0.25) is 0 Å². The minimum atomic E-state index is -0.983.